The summed E-state index contributed by atoms with van der Waals surface area (Å²) in [7, 11) is -3.48. The molecule has 0 aromatic heterocycles. The molecule has 0 heterocycles. The number of nitrogens with one attached hydrogen (secondary N) is 1. The smallest absolute Gasteiger partial charge is 0.240 e. The Balaban J connectivity index is 1.36. The molecule has 0 spiro atoms. The van der Waals surface area contributed by atoms with E-state index in [1.54, 1.807) is 24.3 Å². The highest BCUT2D eigenvalue weighted by Gasteiger charge is 2.61. The fourth-order valence-electron chi connectivity index (χ4n) is 8.48. The first-order chi connectivity index (χ1) is 14.6. The summed E-state index contributed by atoms with van der Waals surface area (Å²) in [6.45, 7) is 6.90. The molecule has 0 bridgehead atoms. The van der Waals surface area contributed by atoms with Crippen LogP contribution in [0, 0.1) is 34.5 Å². The van der Waals surface area contributed by atoms with E-state index in [1.807, 2.05) is 13.0 Å². The van der Waals surface area contributed by atoms with E-state index in [4.69, 9.17) is 0 Å². The van der Waals surface area contributed by atoms with Gasteiger partial charge in [-0.3, -0.25) is 0 Å². The first-order valence-corrected chi connectivity index (χ1v) is 13.8. The molecule has 3 unspecified atom stereocenters. The van der Waals surface area contributed by atoms with Crippen LogP contribution in [0.3, 0.4) is 0 Å². The number of sulfonamides is 1. The standard InChI is InChI=1S/C26H39NO3S/c1-24(28)15-16-25(2)18(17-24)9-10-20-21-11-12-23(26(21,3)14-13-22(20)25)27-31(29,30)19-7-5-4-6-8-19/h4-8,18,20-23,27-28H,9-17H2,1-3H3/t18?,20-,21?,22?,23-,24+,25-,26-/m0/s1. The summed E-state index contributed by atoms with van der Waals surface area (Å²) in [5.41, 5.74) is -0.102. The van der Waals surface area contributed by atoms with Crippen molar-refractivity contribution in [3.05, 3.63) is 30.3 Å². The lowest BCUT2D eigenvalue weighted by atomic mass is 9.44. The highest BCUT2D eigenvalue weighted by Crippen LogP contribution is 2.66. The van der Waals surface area contributed by atoms with Gasteiger partial charge in [-0.2, -0.15) is 0 Å². The van der Waals surface area contributed by atoms with Gasteiger partial charge in [-0.05, 0) is 111 Å². The zero-order valence-electron chi connectivity index (χ0n) is 19.3. The second kappa shape index (κ2) is 7.30. The van der Waals surface area contributed by atoms with Gasteiger partial charge in [-0.25, -0.2) is 13.1 Å². The number of aliphatic hydroxyl groups is 1. The Morgan fingerprint density at radius 2 is 1.58 bits per heavy atom. The highest BCUT2D eigenvalue weighted by atomic mass is 32.2. The Morgan fingerprint density at radius 3 is 2.32 bits per heavy atom. The predicted molar refractivity (Wildman–Crippen MR) is 123 cm³/mol. The first kappa shape index (κ1) is 21.9. The van der Waals surface area contributed by atoms with Crippen molar-refractivity contribution < 1.29 is 13.5 Å². The van der Waals surface area contributed by atoms with Crippen LogP contribution in [0.15, 0.2) is 35.2 Å². The van der Waals surface area contributed by atoms with E-state index in [2.05, 4.69) is 18.6 Å². The topological polar surface area (TPSA) is 66.4 Å². The van der Waals surface area contributed by atoms with Gasteiger partial charge in [-0.15, -0.1) is 0 Å². The summed E-state index contributed by atoms with van der Waals surface area (Å²) in [6, 6.07) is 8.84. The average Bonchev–Trinajstić information content (AvgIpc) is 3.05. The summed E-state index contributed by atoms with van der Waals surface area (Å²) in [6.07, 6.45) is 9.89. The molecule has 1 aromatic rings. The van der Waals surface area contributed by atoms with Crippen molar-refractivity contribution in [3.8, 4) is 0 Å². The summed E-state index contributed by atoms with van der Waals surface area (Å²) in [5.74, 6) is 2.67. The molecule has 8 atom stereocenters. The lowest BCUT2D eigenvalue weighted by molar-refractivity contribution is -0.143. The van der Waals surface area contributed by atoms with Crippen LogP contribution in [0.25, 0.3) is 0 Å². The SMILES string of the molecule is C[C@@]1(O)CC[C@@]2(C)C(CC[C@@H]3C2CC[C@@]2(C)C3CC[C@@H]2NS(=O)(=O)c2ccccc2)C1. The van der Waals surface area contributed by atoms with Crippen LogP contribution in [0.1, 0.15) is 78.6 Å². The molecule has 5 heteroatoms. The lowest BCUT2D eigenvalue weighted by Crippen LogP contribution is -2.57. The molecule has 4 saturated carbocycles. The number of benzene rings is 1. The largest absolute Gasteiger partial charge is 0.390 e. The van der Waals surface area contributed by atoms with Crippen molar-refractivity contribution in [2.75, 3.05) is 0 Å². The third-order valence-corrected chi connectivity index (χ3v) is 11.8. The van der Waals surface area contributed by atoms with Crippen molar-refractivity contribution >= 4 is 10.0 Å². The van der Waals surface area contributed by atoms with Crippen molar-refractivity contribution in [2.45, 2.75) is 95.1 Å². The van der Waals surface area contributed by atoms with E-state index in [9.17, 15) is 13.5 Å². The Hall–Kier alpha value is -0.910. The van der Waals surface area contributed by atoms with E-state index < -0.39 is 15.6 Å². The summed E-state index contributed by atoms with van der Waals surface area (Å²) >= 11 is 0. The van der Waals surface area contributed by atoms with Gasteiger partial charge in [-0.1, -0.05) is 32.0 Å². The van der Waals surface area contributed by atoms with Gasteiger partial charge in [0.15, 0.2) is 0 Å². The molecular formula is C26H39NO3S. The molecule has 172 valence electrons. The summed E-state index contributed by atoms with van der Waals surface area (Å²) < 4.78 is 29.2. The maximum absolute atomic E-state index is 13.1. The van der Waals surface area contributed by atoms with Crippen molar-refractivity contribution in [1.29, 1.82) is 0 Å². The monoisotopic (exact) mass is 445 g/mol. The fraction of sp³-hybridized carbons (Fsp3) is 0.769. The van der Waals surface area contributed by atoms with E-state index in [0.717, 1.165) is 44.4 Å². The van der Waals surface area contributed by atoms with Crippen LogP contribution in [0.2, 0.25) is 0 Å². The molecule has 2 N–H and O–H groups in total. The highest BCUT2D eigenvalue weighted by molar-refractivity contribution is 7.89. The number of rotatable bonds is 3. The molecule has 0 saturated heterocycles. The second-order valence-corrected chi connectivity index (χ2v) is 13.7. The fourth-order valence-corrected chi connectivity index (χ4v) is 9.89. The van der Waals surface area contributed by atoms with Gasteiger partial charge in [0.2, 0.25) is 10.0 Å². The number of hydrogen-bond acceptors (Lipinski definition) is 3. The Kier molecular flexibility index (Phi) is 5.16. The number of fused-ring (bicyclic) bond motifs is 5. The average molecular weight is 446 g/mol. The maximum Gasteiger partial charge on any atom is 0.240 e. The Morgan fingerprint density at radius 1 is 0.871 bits per heavy atom. The molecule has 5 rings (SSSR count). The van der Waals surface area contributed by atoms with Crippen molar-refractivity contribution in [1.82, 2.24) is 4.72 Å². The van der Waals surface area contributed by atoms with Crippen LogP contribution in [0.4, 0.5) is 0 Å². The van der Waals surface area contributed by atoms with E-state index in [-0.39, 0.29) is 11.5 Å². The molecule has 4 nitrogen and oxygen atoms in total. The van der Waals surface area contributed by atoms with Crippen molar-refractivity contribution in [2.24, 2.45) is 34.5 Å². The Labute approximate surface area is 188 Å². The minimum absolute atomic E-state index is 0.0290. The molecule has 4 aliphatic rings. The molecular weight excluding hydrogens is 406 g/mol. The molecule has 31 heavy (non-hydrogen) atoms. The minimum Gasteiger partial charge on any atom is -0.390 e. The molecule has 0 radical (unpaired) electrons. The van der Waals surface area contributed by atoms with E-state index >= 15 is 0 Å². The van der Waals surface area contributed by atoms with Crippen LogP contribution in [0.5, 0.6) is 0 Å². The first-order valence-electron chi connectivity index (χ1n) is 12.3. The molecule has 1 aromatic carbocycles. The predicted octanol–water partition coefficient (Wildman–Crippen LogP) is 5.13. The third kappa shape index (κ3) is 3.50. The summed E-state index contributed by atoms with van der Waals surface area (Å²) in [4.78, 5) is 0.373. The van der Waals surface area contributed by atoms with E-state index in [0.29, 0.717) is 28.1 Å². The van der Waals surface area contributed by atoms with Gasteiger partial charge in [0, 0.05) is 6.04 Å². The third-order valence-electron chi connectivity index (χ3n) is 10.3. The van der Waals surface area contributed by atoms with Crippen LogP contribution in [-0.4, -0.2) is 25.2 Å². The normalized spacial score (nSPS) is 47.3. The summed E-state index contributed by atoms with van der Waals surface area (Å²) in [5, 5.41) is 10.7. The van der Waals surface area contributed by atoms with Gasteiger partial charge in [0.25, 0.3) is 0 Å². The molecule has 0 aliphatic heterocycles. The quantitative estimate of drug-likeness (QED) is 0.678. The zero-order chi connectivity index (χ0) is 22.1. The van der Waals surface area contributed by atoms with E-state index in [1.165, 1.54) is 19.3 Å². The van der Waals surface area contributed by atoms with Crippen molar-refractivity contribution in [3.63, 3.8) is 0 Å². The number of hydrogen-bond donors (Lipinski definition) is 2. The molecule has 4 fully saturated rings. The maximum atomic E-state index is 13.1. The Bertz CT molecular complexity index is 929. The van der Waals surface area contributed by atoms with Gasteiger partial charge in [0.1, 0.15) is 0 Å². The van der Waals surface area contributed by atoms with Gasteiger partial charge >= 0.3 is 0 Å². The van der Waals surface area contributed by atoms with Crippen LogP contribution in [-0.2, 0) is 10.0 Å². The van der Waals surface area contributed by atoms with Gasteiger partial charge in [0.05, 0.1) is 10.5 Å². The zero-order valence-corrected chi connectivity index (χ0v) is 20.1. The minimum atomic E-state index is -3.48. The molecule has 4 aliphatic carbocycles. The second-order valence-electron chi connectivity index (χ2n) is 12.0. The lowest BCUT2D eigenvalue weighted by Gasteiger charge is -2.61. The van der Waals surface area contributed by atoms with Gasteiger partial charge < -0.3 is 5.11 Å². The van der Waals surface area contributed by atoms with Crippen LogP contribution < -0.4 is 4.72 Å². The molecule has 0 amide bonds. The van der Waals surface area contributed by atoms with Crippen LogP contribution >= 0.6 is 0 Å².